The van der Waals surface area contributed by atoms with Crippen molar-refractivity contribution in [1.82, 2.24) is 9.88 Å². The third kappa shape index (κ3) is 2.19. The Hall–Kier alpha value is -1.03. The minimum absolute atomic E-state index is 0.0699. The molecular weight excluding hydrogens is 284 g/mol. The first-order valence-corrected chi connectivity index (χ1v) is 8.17. The molecule has 1 saturated carbocycles. The van der Waals surface area contributed by atoms with Gasteiger partial charge in [0, 0.05) is 30.7 Å². The van der Waals surface area contributed by atoms with Crippen LogP contribution in [0.3, 0.4) is 0 Å². The topological polar surface area (TPSA) is 39.3 Å². The number of rotatable bonds is 2. The monoisotopic (exact) mass is 304 g/mol. The number of aromatic amines is 1. The second-order valence-corrected chi connectivity index (χ2v) is 7.08. The summed E-state index contributed by atoms with van der Waals surface area (Å²) in [6.07, 6.45) is 2.29. The minimum Gasteiger partial charge on any atom is -0.392 e. The van der Waals surface area contributed by atoms with E-state index >= 15 is 0 Å². The fourth-order valence-corrected chi connectivity index (χ4v) is 4.39. The van der Waals surface area contributed by atoms with Gasteiger partial charge in [-0.3, -0.25) is 4.90 Å². The van der Waals surface area contributed by atoms with E-state index in [4.69, 9.17) is 11.6 Å². The summed E-state index contributed by atoms with van der Waals surface area (Å²) < 4.78 is 0. The highest BCUT2D eigenvalue weighted by Crippen LogP contribution is 2.37. The highest BCUT2D eigenvalue weighted by molar-refractivity contribution is 6.35. The van der Waals surface area contributed by atoms with Gasteiger partial charge in [-0.05, 0) is 43.2 Å². The number of aryl methyl sites for hydroxylation is 1. The van der Waals surface area contributed by atoms with E-state index in [0.717, 1.165) is 30.2 Å². The molecule has 2 bridgehead atoms. The van der Waals surface area contributed by atoms with Gasteiger partial charge in [0.25, 0.3) is 0 Å². The number of nitrogens with zero attached hydrogens (tertiary/aromatic N) is 1. The first-order valence-electron chi connectivity index (χ1n) is 7.79. The zero-order valence-corrected chi connectivity index (χ0v) is 13.0. The Balaban J connectivity index is 1.61. The molecule has 1 aliphatic carbocycles. The molecule has 2 aromatic rings. The number of halogens is 1. The number of para-hydroxylation sites is 1. The van der Waals surface area contributed by atoms with Crippen molar-refractivity contribution in [2.45, 2.75) is 32.4 Å². The van der Waals surface area contributed by atoms with E-state index < -0.39 is 0 Å². The number of likely N-dealkylation sites (tertiary alicyclic amines) is 1. The van der Waals surface area contributed by atoms with Crippen LogP contribution >= 0.6 is 11.6 Å². The average molecular weight is 305 g/mol. The van der Waals surface area contributed by atoms with Crippen molar-refractivity contribution in [3.63, 3.8) is 0 Å². The third-order valence-electron chi connectivity index (χ3n) is 5.39. The zero-order valence-electron chi connectivity index (χ0n) is 12.3. The van der Waals surface area contributed by atoms with Crippen molar-refractivity contribution in [3.05, 3.63) is 34.5 Å². The molecule has 2 heterocycles. The smallest absolute Gasteiger partial charge is 0.0648 e. The van der Waals surface area contributed by atoms with Crippen LogP contribution in [0.4, 0.5) is 0 Å². The van der Waals surface area contributed by atoms with Crippen LogP contribution < -0.4 is 0 Å². The molecule has 2 fully saturated rings. The molecule has 112 valence electrons. The zero-order chi connectivity index (χ0) is 14.6. The molecule has 3 atom stereocenters. The Bertz CT molecular complexity index is 667. The van der Waals surface area contributed by atoms with Crippen molar-refractivity contribution < 1.29 is 5.11 Å². The Labute approximate surface area is 129 Å². The molecule has 2 aliphatic rings. The fourth-order valence-electron chi connectivity index (χ4n) is 4.17. The first kappa shape index (κ1) is 13.6. The van der Waals surface area contributed by atoms with Crippen LogP contribution in [-0.4, -0.2) is 34.2 Å². The number of aromatic nitrogens is 1. The van der Waals surface area contributed by atoms with Gasteiger partial charge in [0.05, 0.1) is 16.6 Å². The quantitative estimate of drug-likeness (QED) is 0.893. The van der Waals surface area contributed by atoms with E-state index in [2.05, 4.69) is 22.9 Å². The fraction of sp³-hybridized carbons (Fsp3) is 0.529. The Kier molecular flexibility index (Phi) is 3.25. The van der Waals surface area contributed by atoms with E-state index in [1.54, 1.807) is 0 Å². The molecule has 1 aromatic carbocycles. The van der Waals surface area contributed by atoms with E-state index in [9.17, 15) is 5.11 Å². The van der Waals surface area contributed by atoms with Crippen LogP contribution in [0.1, 0.15) is 24.1 Å². The molecule has 21 heavy (non-hydrogen) atoms. The van der Waals surface area contributed by atoms with Gasteiger partial charge >= 0.3 is 0 Å². The highest BCUT2D eigenvalue weighted by atomic mass is 35.5. The van der Waals surface area contributed by atoms with Crippen molar-refractivity contribution in [1.29, 1.82) is 0 Å². The number of aliphatic hydroxyl groups is 1. The maximum absolute atomic E-state index is 10.1. The van der Waals surface area contributed by atoms with Gasteiger partial charge < -0.3 is 10.1 Å². The molecule has 4 heteroatoms. The number of H-pyrrole nitrogens is 1. The van der Waals surface area contributed by atoms with Crippen LogP contribution in [0.25, 0.3) is 10.9 Å². The van der Waals surface area contributed by atoms with E-state index in [0.29, 0.717) is 11.8 Å². The second-order valence-electron chi connectivity index (χ2n) is 6.67. The maximum atomic E-state index is 10.1. The lowest BCUT2D eigenvalue weighted by molar-refractivity contribution is 0.0135. The van der Waals surface area contributed by atoms with Gasteiger partial charge in [0.2, 0.25) is 0 Å². The first-order chi connectivity index (χ1) is 10.1. The maximum Gasteiger partial charge on any atom is 0.0648 e. The number of hydrogen-bond donors (Lipinski definition) is 2. The number of fused-ring (bicyclic) bond motifs is 3. The van der Waals surface area contributed by atoms with Gasteiger partial charge in [0.15, 0.2) is 0 Å². The van der Waals surface area contributed by atoms with Crippen molar-refractivity contribution in [2.24, 2.45) is 11.8 Å². The van der Waals surface area contributed by atoms with E-state index in [1.807, 2.05) is 12.1 Å². The van der Waals surface area contributed by atoms with Crippen LogP contribution in [0, 0.1) is 18.8 Å². The summed E-state index contributed by atoms with van der Waals surface area (Å²) in [5, 5.41) is 12.2. The van der Waals surface area contributed by atoms with Crippen molar-refractivity contribution in [3.8, 4) is 0 Å². The lowest BCUT2D eigenvalue weighted by Crippen LogP contribution is -2.44. The molecule has 1 aliphatic heterocycles. The summed E-state index contributed by atoms with van der Waals surface area (Å²) in [4.78, 5) is 5.99. The van der Waals surface area contributed by atoms with Crippen molar-refractivity contribution in [2.75, 3.05) is 13.1 Å². The lowest BCUT2D eigenvalue weighted by atomic mass is 9.95. The molecule has 1 aromatic heterocycles. The summed E-state index contributed by atoms with van der Waals surface area (Å²) in [7, 11) is 0. The van der Waals surface area contributed by atoms with Crippen LogP contribution in [-0.2, 0) is 6.54 Å². The summed E-state index contributed by atoms with van der Waals surface area (Å²) in [6, 6.07) is 6.06. The molecule has 2 N–H and O–H groups in total. The summed E-state index contributed by atoms with van der Waals surface area (Å²) in [5.74, 6) is 0.939. The van der Waals surface area contributed by atoms with Crippen LogP contribution in [0.2, 0.25) is 5.02 Å². The summed E-state index contributed by atoms with van der Waals surface area (Å²) in [6.45, 7) is 5.12. The number of nitrogens with one attached hydrogen (secondary N) is 1. The van der Waals surface area contributed by atoms with Gasteiger partial charge in [-0.2, -0.15) is 0 Å². The predicted octanol–water partition coefficient (Wildman–Crippen LogP) is 3.33. The predicted molar refractivity (Wildman–Crippen MR) is 85.5 cm³/mol. The molecule has 0 radical (unpaired) electrons. The average Bonchev–Trinajstić information content (AvgIpc) is 2.87. The van der Waals surface area contributed by atoms with Crippen molar-refractivity contribution >= 4 is 22.5 Å². The Morgan fingerprint density at radius 3 is 2.67 bits per heavy atom. The molecular formula is C17H21ClN2O. The van der Waals surface area contributed by atoms with Crippen LogP contribution in [0.5, 0.6) is 0 Å². The van der Waals surface area contributed by atoms with Gasteiger partial charge in [0.1, 0.15) is 0 Å². The van der Waals surface area contributed by atoms with Gasteiger partial charge in [-0.15, -0.1) is 0 Å². The minimum atomic E-state index is -0.0699. The third-order valence-corrected chi connectivity index (χ3v) is 5.70. The van der Waals surface area contributed by atoms with Crippen LogP contribution in [0.15, 0.2) is 18.2 Å². The normalized spacial score (nSPS) is 29.4. The molecule has 3 nitrogen and oxygen atoms in total. The summed E-state index contributed by atoms with van der Waals surface area (Å²) >= 11 is 6.28. The van der Waals surface area contributed by atoms with Gasteiger partial charge in [-0.1, -0.05) is 23.7 Å². The number of piperidine rings is 1. The Morgan fingerprint density at radius 1 is 1.29 bits per heavy atom. The number of benzene rings is 1. The standard InChI is InChI=1S/C17H21ClN2O/c1-10-13-3-2-4-14(18)16(13)19-15(10)9-20-7-11-5-6-12(8-20)17(11)21/h2-4,11-12,17,19,21H,5-9H2,1H3/t11-,12+,17?. The molecule has 1 unspecified atom stereocenters. The number of hydrogen-bond acceptors (Lipinski definition) is 2. The largest absolute Gasteiger partial charge is 0.392 e. The van der Waals surface area contributed by atoms with E-state index in [-0.39, 0.29) is 6.10 Å². The molecule has 0 spiro atoms. The van der Waals surface area contributed by atoms with Gasteiger partial charge in [-0.25, -0.2) is 0 Å². The highest BCUT2D eigenvalue weighted by Gasteiger charge is 2.40. The second kappa shape index (κ2) is 5.01. The molecule has 1 saturated heterocycles. The SMILES string of the molecule is Cc1c(CN2C[C@H]3CC[C@@H](C2)C3O)[nH]c2c(Cl)cccc12. The van der Waals surface area contributed by atoms with E-state index in [1.165, 1.54) is 29.5 Å². The summed E-state index contributed by atoms with van der Waals surface area (Å²) in [5.41, 5.74) is 3.60. The number of aliphatic hydroxyl groups excluding tert-OH is 1. The lowest BCUT2D eigenvalue weighted by Gasteiger charge is -2.35. The Morgan fingerprint density at radius 2 is 2.00 bits per heavy atom. The molecule has 4 rings (SSSR count). The molecule has 0 amide bonds.